The van der Waals surface area contributed by atoms with Gasteiger partial charge in [0.15, 0.2) is 0 Å². The topological polar surface area (TPSA) is 150 Å². The number of carbonyl (C=O) groups is 2. The van der Waals surface area contributed by atoms with Gasteiger partial charge in [-0.1, -0.05) is 18.2 Å². The molecule has 0 atom stereocenters. The normalized spacial score (nSPS) is 8.50. The minimum atomic E-state index is -1.33. The first-order valence-electron chi connectivity index (χ1n) is 5.12. The Bertz CT molecular complexity index is 417. The number of carboxylic acids is 2. The van der Waals surface area contributed by atoms with Crippen LogP contribution in [0.5, 0.6) is 0 Å². The monoisotopic (exact) mass is 333 g/mol. The SMILES string of the molecule is Cc1cccc(C)c1N(CC(=O)[O-])CC(=O)[O-].N.O.[Cu+2]. The number of para-hydroxylation sites is 1. The molecule has 0 fully saturated rings. The van der Waals surface area contributed by atoms with Gasteiger partial charge >= 0.3 is 17.1 Å². The Morgan fingerprint density at radius 2 is 1.40 bits per heavy atom. The molecule has 20 heavy (non-hydrogen) atoms. The Hall–Kier alpha value is -1.60. The average molecular weight is 334 g/mol. The van der Waals surface area contributed by atoms with Crippen LogP contribution in [0.3, 0.4) is 0 Å². The first-order chi connectivity index (χ1) is 7.91. The summed E-state index contributed by atoms with van der Waals surface area (Å²) < 4.78 is 0. The molecule has 0 aromatic heterocycles. The van der Waals surface area contributed by atoms with Crippen molar-refractivity contribution in [2.24, 2.45) is 0 Å². The maximum atomic E-state index is 10.6. The van der Waals surface area contributed by atoms with Crippen molar-refractivity contribution in [1.82, 2.24) is 6.15 Å². The number of hydrogen-bond donors (Lipinski definition) is 1. The molecule has 8 heteroatoms. The number of benzene rings is 1. The van der Waals surface area contributed by atoms with E-state index in [0.717, 1.165) is 11.1 Å². The smallest absolute Gasteiger partial charge is 0.548 e. The Balaban J connectivity index is -0.000000963. The molecule has 1 aromatic carbocycles. The zero-order valence-electron chi connectivity index (χ0n) is 11.2. The zero-order valence-corrected chi connectivity index (χ0v) is 12.2. The minimum absolute atomic E-state index is 0. The summed E-state index contributed by atoms with van der Waals surface area (Å²) >= 11 is 0. The maximum absolute atomic E-state index is 10.6. The van der Waals surface area contributed by atoms with Crippen molar-refractivity contribution >= 4 is 17.6 Å². The van der Waals surface area contributed by atoms with E-state index in [4.69, 9.17) is 0 Å². The molecule has 0 saturated carbocycles. The number of anilines is 1. The summed E-state index contributed by atoms with van der Waals surface area (Å²) in [7, 11) is 0. The van der Waals surface area contributed by atoms with Crippen LogP contribution in [-0.4, -0.2) is 30.5 Å². The quantitative estimate of drug-likeness (QED) is 0.612. The van der Waals surface area contributed by atoms with Gasteiger partial charge in [-0.2, -0.15) is 0 Å². The van der Waals surface area contributed by atoms with Crippen molar-refractivity contribution in [3.05, 3.63) is 29.3 Å². The number of nitrogens with zero attached hydrogens (tertiary/aromatic N) is 1. The van der Waals surface area contributed by atoms with Gasteiger partial charge in [0.2, 0.25) is 0 Å². The van der Waals surface area contributed by atoms with Gasteiger partial charge in [-0.05, 0) is 25.0 Å². The second kappa shape index (κ2) is 10.2. The van der Waals surface area contributed by atoms with Gasteiger partial charge in [0.05, 0.1) is 25.0 Å². The van der Waals surface area contributed by atoms with Gasteiger partial charge in [-0.15, -0.1) is 0 Å². The first-order valence-corrected chi connectivity index (χ1v) is 5.12. The molecule has 5 N–H and O–H groups in total. The molecule has 0 aliphatic rings. The van der Waals surface area contributed by atoms with E-state index in [1.165, 1.54) is 4.90 Å². The van der Waals surface area contributed by atoms with Crippen molar-refractivity contribution in [1.29, 1.82) is 0 Å². The Kier molecular flexibility index (Phi) is 12.0. The van der Waals surface area contributed by atoms with Crippen LogP contribution in [0.15, 0.2) is 18.2 Å². The molecule has 0 aliphatic carbocycles. The van der Waals surface area contributed by atoms with Crippen molar-refractivity contribution in [3.63, 3.8) is 0 Å². The summed E-state index contributed by atoms with van der Waals surface area (Å²) in [5.41, 5.74) is 2.22. The predicted octanol–water partition coefficient (Wildman–Crippen LogP) is -2.06. The first kappa shape index (κ1) is 23.5. The van der Waals surface area contributed by atoms with Gasteiger partial charge in [-0.25, -0.2) is 0 Å². The summed E-state index contributed by atoms with van der Waals surface area (Å²) in [6.07, 6.45) is 0. The summed E-state index contributed by atoms with van der Waals surface area (Å²) in [4.78, 5) is 22.5. The fourth-order valence-corrected chi connectivity index (χ4v) is 1.83. The van der Waals surface area contributed by atoms with Gasteiger partial charge < -0.3 is 36.3 Å². The Morgan fingerprint density at radius 1 is 1.05 bits per heavy atom. The van der Waals surface area contributed by atoms with Crippen LogP contribution in [0.2, 0.25) is 0 Å². The fraction of sp³-hybridized carbons (Fsp3) is 0.333. The molecule has 0 heterocycles. The molecule has 0 spiro atoms. The molecule has 0 aliphatic heterocycles. The number of aryl methyl sites for hydroxylation is 2. The predicted molar refractivity (Wildman–Crippen MR) is 66.8 cm³/mol. The van der Waals surface area contributed by atoms with Crippen LogP contribution >= 0.6 is 0 Å². The van der Waals surface area contributed by atoms with Gasteiger partial charge in [-0.3, -0.25) is 0 Å². The molecule has 0 amide bonds. The van der Waals surface area contributed by atoms with E-state index < -0.39 is 25.0 Å². The summed E-state index contributed by atoms with van der Waals surface area (Å²) in [6, 6.07) is 5.41. The molecule has 1 radical (unpaired) electrons. The molecule has 1 rings (SSSR count). The van der Waals surface area contributed by atoms with E-state index in [1.807, 2.05) is 6.07 Å². The van der Waals surface area contributed by atoms with Crippen molar-refractivity contribution in [3.8, 4) is 0 Å². The summed E-state index contributed by atoms with van der Waals surface area (Å²) in [5.74, 6) is -2.65. The van der Waals surface area contributed by atoms with E-state index in [1.54, 1.807) is 26.0 Å². The van der Waals surface area contributed by atoms with Crippen LogP contribution in [0.4, 0.5) is 5.69 Å². The maximum Gasteiger partial charge on any atom is 2.00 e. The molecule has 0 unspecified atom stereocenters. The van der Waals surface area contributed by atoms with Crippen LogP contribution in [0.25, 0.3) is 0 Å². The fourth-order valence-electron chi connectivity index (χ4n) is 1.83. The second-order valence-electron chi connectivity index (χ2n) is 3.84. The minimum Gasteiger partial charge on any atom is -0.548 e. The molecule has 1 aromatic rings. The molecule has 0 bridgehead atoms. The van der Waals surface area contributed by atoms with Crippen LogP contribution in [0.1, 0.15) is 11.1 Å². The van der Waals surface area contributed by atoms with E-state index in [-0.39, 0.29) is 28.7 Å². The van der Waals surface area contributed by atoms with Crippen LogP contribution in [0, 0.1) is 13.8 Å². The third kappa shape index (κ3) is 6.53. The largest absolute Gasteiger partial charge is 2.00 e. The van der Waals surface area contributed by atoms with E-state index in [2.05, 4.69) is 0 Å². The number of carbonyl (C=O) groups excluding carboxylic acids is 2. The molecular weight excluding hydrogens is 316 g/mol. The number of hydrogen-bond acceptors (Lipinski definition) is 6. The van der Waals surface area contributed by atoms with Crippen molar-refractivity contribution in [2.45, 2.75) is 13.8 Å². The number of carboxylic acid groups (broad SMARTS) is 2. The standard InChI is InChI=1S/C12H15NO4.Cu.H3N.H2O/c1-8-4-3-5-9(2)12(8)13(6-10(14)15)7-11(16)17;;;/h3-5H,6-7H2,1-2H3,(H,14,15)(H,16,17);;1H3;1H2/q;+2;;/p-2. The molecule has 117 valence electrons. The second-order valence-corrected chi connectivity index (χ2v) is 3.84. The van der Waals surface area contributed by atoms with Gasteiger partial charge in [0.25, 0.3) is 0 Å². The number of aliphatic carboxylic acids is 2. The van der Waals surface area contributed by atoms with Crippen LogP contribution in [-0.2, 0) is 26.7 Å². The van der Waals surface area contributed by atoms with Crippen molar-refractivity contribution < 1.29 is 42.3 Å². The molecular formula is C12H18CuN2O5. The van der Waals surface area contributed by atoms with Gasteiger partial charge in [0.1, 0.15) is 0 Å². The number of rotatable bonds is 5. The summed E-state index contributed by atoms with van der Waals surface area (Å²) in [5, 5.41) is 21.2. The van der Waals surface area contributed by atoms with E-state index >= 15 is 0 Å². The third-order valence-electron chi connectivity index (χ3n) is 2.40. The van der Waals surface area contributed by atoms with E-state index in [9.17, 15) is 19.8 Å². The average Bonchev–Trinajstić information content (AvgIpc) is 2.14. The zero-order chi connectivity index (χ0) is 13.0. The summed E-state index contributed by atoms with van der Waals surface area (Å²) in [6.45, 7) is 2.64. The van der Waals surface area contributed by atoms with E-state index in [0.29, 0.717) is 5.69 Å². The Labute approximate surface area is 128 Å². The van der Waals surface area contributed by atoms with Crippen molar-refractivity contribution in [2.75, 3.05) is 18.0 Å². The third-order valence-corrected chi connectivity index (χ3v) is 2.40. The Morgan fingerprint density at radius 3 is 1.70 bits per heavy atom. The molecule has 7 nitrogen and oxygen atoms in total. The van der Waals surface area contributed by atoms with Gasteiger partial charge in [0, 0.05) is 5.69 Å². The molecule has 0 saturated heterocycles. The van der Waals surface area contributed by atoms with Crippen LogP contribution < -0.4 is 21.3 Å².